The first-order chi connectivity index (χ1) is 14.2. The van der Waals surface area contributed by atoms with Gasteiger partial charge in [0.05, 0.1) is 15.8 Å². The van der Waals surface area contributed by atoms with Crippen molar-refractivity contribution in [1.82, 2.24) is 4.90 Å². The molecule has 144 valence electrons. The lowest BCUT2D eigenvalue weighted by Crippen LogP contribution is -2.26. The second-order valence-corrected chi connectivity index (χ2v) is 8.82. The molecule has 1 amide bonds. The summed E-state index contributed by atoms with van der Waals surface area (Å²) in [5.74, 6) is 0.885. The summed E-state index contributed by atoms with van der Waals surface area (Å²) in [4.78, 5) is 14.8. The van der Waals surface area contributed by atoms with Crippen LogP contribution in [0.5, 0.6) is 0 Å². The van der Waals surface area contributed by atoms with E-state index >= 15 is 0 Å². The summed E-state index contributed by atoms with van der Waals surface area (Å²) in [6.07, 6.45) is 0. The van der Waals surface area contributed by atoms with Crippen LogP contribution in [0.3, 0.4) is 0 Å². The number of amides is 1. The minimum absolute atomic E-state index is 0.162. The van der Waals surface area contributed by atoms with E-state index in [9.17, 15) is 4.79 Å². The Kier molecular flexibility index (Phi) is 5.70. The lowest BCUT2D eigenvalue weighted by molar-refractivity contribution is 0.0754. The molecule has 0 bridgehead atoms. The van der Waals surface area contributed by atoms with Gasteiger partial charge in [0.1, 0.15) is 5.58 Å². The van der Waals surface area contributed by atoms with Crippen molar-refractivity contribution in [3.05, 3.63) is 88.5 Å². The monoisotopic (exact) mass is 418 g/mol. The zero-order valence-electron chi connectivity index (χ0n) is 15.8. The molecule has 0 unspecified atom stereocenters. The Morgan fingerprint density at radius 2 is 2.03 bits per heavy atom. The van der Waals surface area contributed by atoms with Gasteiger partial charge in [0.25, 0.3) is 5.91 Å². The molecule has 2 aromatic carbocycles. The highest BCUT2D eigenvalue weighted by Crippen LogP contribution is 2.34. The fraction of sp³-hybridized carbons (Fsp3) is 0.130. The van der Waals surface area contributed by atoms with Crippen LogP contribution in [0.1, 0.15) is 27.2 Å². The molecule has 0 spiro atoms. The van der Waals surface area contributed by atoms with E-state index in [0.717, 1.165) is 22.1 Å². The minimum Gasteiger partial charge on any atom is -0.451 e. The number of furan rings is 1. The zero-order chi connectivity index (χ0) is 20.2. The Morgan fingerprint density at radius 1 is 1.17 bits per heavy atom. The molecular weight excluding hydrogens is 400 g/mol. The maximum atomic E-state index is 13.2. The van der Waals surface area contributed by atoms with Gasteiger partial charge < -0.3 is 9.32 Å². The number of hydrogen-bond acceptors (Lipinski definition) is 5. The quantitative estimate of drug-likeness (QED) is 0.364. The van der Waals surface area contributed by atoms with E-state index in [1.54, 1.807) is 47.2 Å². The third-order valence-electron chi connectivity index (χ3n) is 4.57. The third-order valence-corrected chi connectivity index (χ3v) is 6.73. The van der Waals surface area contributed by atoms with E-state index < -0.39 is 0 Å². The van der Waals surface area contributed by atoms with E-state index in [4.69, 9.17) is 9.68 Å². The van der Waals surface area contributed by atoms with Crippen LogP contribution in [0.2, 0.25) is 0 Å². The number of hydrogen-bond donors (Lipinski definition) is 0. The van der Waals surface area contributed by atoms with Gasteiger partial charge in [0.15, 0.2) is 5.76 Å². The molecule has 0 aliphatic carbocycles. The maximum Gasteiger partial charge on any atom is 0.289 e. The fourth-order valence-electron chi connectivity index (χ4n) is 3.16. The molecule has 0 radical (unpaired) electrons. The number of thioether (sulfide) groups is 1. The highest BCUT2D eigenvalue weighted by Gasteiger charge is 2.23. The van der Waals surface area contributed by atoms with Crippen LogP contribution in [-0.2, 0) is 12.3 Å². The number of rotatable bonds is 6. The predicted molar refractivity (Wildman–Crippen MR) is 117 cm³/mol. The van der Waals surface area contributed by atoms with Crippen molar-refractivity contribution in [3.63, 3.8) is 0 Å². The minimum atomic E-state index is -0.162. The fourth-order valence-corrected chi connectivity index (χ4v) is 4.97. The first-order valence-electron chi connectivity index (χ1n) is 9.07. The van der Waals surface area contributed by atoms with Gasteiger partial charge in [-0.25, -0.2) is 0 Å². The second kappa shape index (κ2) is 8.56. The Bertz CT molecular complexity index is 1190. The number of para-hydroxylation sites is 1. The SMILES string of the molecule is CN(Cc1cccc(C#N)c1)C(=O)c1oc2ccccc2c1CSc1cccs1. The molecule has 0 aliphatic rings. The van der Waals surface area contributed by atoms with Crippen LogP contribution in [0.4, 0.5) is 0 Å². The van der Waals surface area contributed by atoms with Gasteiger partial charge in [-0.2, -0.15) is 5.26 Å². The standard InChI is InChI=1S/C23H18N2O2S2/c1-25(14-17-7-4-6-16(12-17)13-24)23(26)22-19(15-29-21-10-5-11-28-21)18-8-2-3-9-20(18)27-22/h2-12H,14-15H2,1H3. The van der Waals surface area contributed by atoms with Gasteiger partial charge >= 0.3 is 0 Å². The molecule has 0 saturated heterocycles. The lowest BCUT2D eigenvalue weighted by atomic mass is 10.1. The van der Waals surface area contributed by atoms with E-state index in [1.165, 1.54) is 4.21 Å². The Labute approximate surface area is 177 Å². The van der Waals surface area contributed by atoms with Gasteiger partial charge in [-0.1, -0.05) is 36.4 Å². The number of fused-ring (bicyclic) bond motifs is 1. The smallest absolute Gasteiger partial charge is 0.289 e. The van der Waals surface area contributed by atoms with Crippen molar-refractivity contribution in [2.45, 2.75) is 16.5 Å². The first-order valence-corrected chi connectivity index (χ1v) is 10.9. The molecule has 0 N–H and O–H groups in total. The van der Waals surface area contributed by atoms with Crippen molar-refractivity contribution >= 4 is 40.0 Å². The predicted octanol–water partition coefficient (Wildman–Crippen LogP) is 5.93. The molecule has 0 atom stereocenters. The molecule has 4 nitrogen and oxygen atoms in total. The number of nitrogens with zero attached hydrogens (tertiary/aromatic N) is 2. The average Bonchev–Trinajstić information content (AvgIpc) is 3.39. The average molecular weight is 419 g/mol. The van der Waals surface area contributed by atoms with Gasteiger partial charge in [-0.3, -0.25) is 4.79 Å². The van der Waals surface area contributed by atoms with E-state index in [0.29, 0.717) is 23.6 Å². The van der Waals surface area contributed by atoms with Crippen molar-refractivity contribution in [2.75, 3.05) is 7.05 Å². The summed E-state index contributed by atoms with van der Waals surface area (Å²) in [5, 5.41) is 12.1. The molecule has 6 heteroatoms. The van der Waals surface area contributed by atoms with E-state index in [2.05, 4.69) is 12.1 Å². The number of thiophene rings is 1. The number of benzene rings is 2. The van der Waals surface area contributed by atoms with Crippen LogP contribution < -0.4 is 0 Å². The molecule has 29 heavy (non-hydrogen) atoms. The Morgan fingerprint density at radius 3 is 2.83 bits per heavy atom. The second-order valence-electron chi connectivity index (χ2n) is 6.60. The van der Waals surface area contributed by atoms with Crippen LogP contribution >= 0.6 is 23.1 Å². The van der Waals surface area contributed by atoms with Crippen molar-refractivity contribution < 1.29 is 9.21 Å². The van der Waals surface area contributed by atoms with Crippen LogP contribution in [-0.4, -0.2) is 17.9 Å². The molecule has 0 fully saturated rings. The highest BCUT2D eigenvalue weighted by atomic mass is 32.2. The number of nitriles is 1. The summed E-state index contributed by atoms with van der Waals surface area (Å²) in [7, 11) is 1.75. The molecule has 0 aliphatic heterocycles. The first kappa shape index (κ1) is 19.3. The summed E-state index contributed by atoms with van der Waals surface area (Å²) in [6, 6.07) is 21.3. The van der Waals surface area contributed by atoms with E-state index in [-0.39, 0.29) is 5.91 Å². The highest BCUT2D eigenvalue weighted by molar-refractivity contribution is 8.00. The number of carbonyl (C=O) groups is 1. The molecule has 2 heterocycles. The summed E-state index contributed by atoms with van der Waals surface area (Å²) in [5.41, 5.74) is 3.13. The molecular formula is C23H18N2O2S2. The Hall–Kier alpha value is -3.01. The van der Waals surface area contributed by atoms with Crippen LogP contribution in [0, 0.1) is 11.3 Å². The zero-order valence-corrected chi connectivity index (χ0v) is 17.4. The van der Waals surface area contributed by atoms with Crippen molar-refractivity contribution in [2.24, 2.45) is 0 Å². The van der Waals surface area contributed by atoms with E-state index in [1.807, 2.05) is 47.8 Å². The van der Waals surface area contributed by atoms with Gasteiger partial charge in [-0.05, 0) is 35.2 Å². The molecule has 0 saturated carbocycles. The van der Waals surface area contributed by atoms with Crippen LogP contribution in [0.15, 0.2) is 74.7 Å². The molecule has 4 rings (SSSR count). The van der Waals surface area contributed by atoms with Gasteiger partial charge in [-0.15, -0.1) is 23.1 Å². The molecule has 2 aromatic heterocycles. The topological polar surface area (TPSA) is 57.2 Å². The lowest BCUT2D eigenvalue weighted by Gasteiger charge is -2.17. The summed E-state index contributed by atoms with van der Waals surface area (Å²) < 4.78 is 7.19. The molecule has 4 aromatic rings. The van der Waals surface area contributed by atoms with Gasteiger partial charge in [0, 0.05) is 30.3 Å². The van der Waals surface area contributed by atoms with Crippen molar-refractivity contribution in [1.29, 1.82) is 5.26 Å². The van der Waals surface area contributed by atoms with Crippen molar-refractivity contribution in [3.8, 4) is 6.07 Å². The largest absolute Gasteiger partial charge is 0.451 e. The third kappa shape index (κ3) is 4.21. The summed E-state index contributed by atoms with van der Waals surface area (Å²) in [6.45, 7) is 0.406. The summed E-state index contributed by atoms with van der Waals surface area (Å²) >= 11 is 3.39. The van der Waals surface area contributed by atoms with Crippen LogP contribution in [0.25, 0.3) is 11.0 Å². The normalized spacial score (nSPS) is 10.8. The number of carbonyl (C=O) groups excluding carboxylic acids is 1. The maximum absolute atomic E-state index is 13.2. The van der Waals surface area contributed by atoms with Gasteiger partial charge in [0.2, 0.25) is 0 Å². The Balaban J connectivity index is 1.62.